The van der Waals surface area contributed by atoms with E-state index >= 15 is 0 Å². The van der Waals surface area contributed by atoms with Gasteiger partial charge in [-0.1, -0.05) is 24.3 Å². The molecule has 0 radical (unpaired) electrons. The Morgan fingerprint density at radius 3 is 2.65 bits per heavy atom. The summed E-state index contributed by atoms with van der Waals surface area (Å²) < 4.78 is 4.82. The van der Waals surface area contributed by atoms with Crippen LogP contribution in [0.5, 0.6) is 0 Å². The van der Waals surface area contributed by atoms with Crippen LogP contribution in [0.2, 0.25) is 0 Å². The first-order valence-electron chi connectivity index (χ1n) is 7.10. The summed E-state index contributed by atoms with van der Waals surface area (Å²) >= 11 is 0. The van der Waals surface area contributed by atoms with E-state index in [1.165, 1.54) is 11.1 Å². The van der Waals surface area contributed by atoms with E-state index in [-0.39, 0.29) is 11.9 Å². The van der Waals surface area contributed by atoms with Crippen molar-refractivity contribution in [3.05, 3.63) is 35.4 Å². The van der Waals surface area contributed by atoms with Crippen LogP contribution in [0.1, 0.15) is 37.3 Å². The number of nitrogens with one attached hydrogen (secondary N) is 1. The van der Waals surface area contributed by atoms with Crippen molar-refractivity contribution in [2.75, 3.05) is 13.2 Å². The normalized spacial score (nSPS) is 10.1. The largest absolute Gasteiger partial charge is 0.466 e. The number of carbonyl (C=O) groups excluding carboxylic acids is 2. The summed E-state index contributed by atoms with van der Waals surface area (Å²) in [4.78, 5) is 22.8. The number of benzene rings is 1. The minimum Gasteiger partial charge on any atom is -0.466 e. The number of rotatable bonds is 8. The van der Waals surface area contributed by atoms with Crippen LogP contribution in [0.3, 0.4) is 0 Å². The lowest BCUT2D eigenvalue weighted by Crippen LogP contribution is -2.25. The van der Waals surface area contributed by atoms with Crippen LogP contribution < -0.4 is 5.32 Å². The van der Waals surface area contributed by atoms with Gasteiger partial charge in [0.15, 0.2) is 0 Å². The van der Waals surface area contributed by atoms with Crippen LogP contribution in [-0.2, 0) is 20.7 Å². The topological polar surface area (TPSA) is 55.4 Å². The van der Waals surface area contributed by atoms with Gasteiger partial charge in [0, 0.05) is 19.4 Å². The number of aryl methyl sites for hydroxylation is 2. The molecule has 0 bridgehead atoms. The molecule has 0 atom stereocenters. The van der Waals surface area contributed by atoms with Gasteiger partial charge in [-0.2, -0.15) is 0 Å². The molecular formula is C16H23NO3. The zero-order valence-corrected chi connectivity index (χ0v) is 12.3. The molecule has 1 rings (SSSR count). The van der Waals surface area contributed by atoms with Gasteiger partial charge >= 0.3 is 5.97 Å². The van der Waals surface area contributed by atoms with Crippen molar-refractivity contribution < 1.29 is 14.3 Å². The summed E-state index contributed by atoms with van der Waals surface area (Å²) in [5.74, 6) is -0.182. The molecule has 0 spiro atoms. The molecule has 0 saturated heterocycles. The number of hydrogen-bond donors (Lipinski definition) is 1. The lowest BCUT2D eigenvalue weighted by Gasteiger charge is -2.07. The van der Waals surface area contributed by atoms with E-state index in [9.17, 15) is 9.59 Å². The van der Waals surface area contributed by atoms with Crippen LogP contribution in [0.4, 0.5) is 0 Å². The molecule has 110 valence electrons. The Kier molecular flexibility index (Phi) is 7.40. The van der Waals surface area contributed by atoms with E-state index in [0.29, 0.717) is 32.4 Å². The van der Waals surface area contributed by atoms with Gasteiger partial charge in [0.25, 0.3) is 0 Å². The van der Waals surface area contributed by atoms with Gasteiger partial charge in [0.1, 0.15) is 0 Å². The highest BCUT2D eigenvalue weighted by Crippen LogP contribution is 2.09. The summed E-state index contributed by atoms with van der Waals surface area (Å²) in [5.41, 5.74) is 2.41. The molecular weight excluding hydrogens is 254 g/mol. The maximum Gasteiger partial charge on any atom is 0.305 e. The Balaban J connectivity index is 2.15. The average Bonchev–Trinajstić information content (AvgIpc) is 2.43. The lowest BCUT2D eigenvalue weighted by atomic mass is 10.0. The van der Waals surface area contributed by atoms with Crippen LogP contribution >= 0.6 is 0 Å². The first-order chi connectivity index (χ1) is 9.63. The predicted molar refractivity (Wildman–Crippen MR) is 78.4 cm³/mol. The third-order valence-electron chi connectivity index (χ3n) is 3.07. The maximum atomic E-state index is 11.7. The number of amides is 1. The first-order valence-corrected chi connectivity index (χ1v) is 7.10. The smallest absolute Gasteiger partial charge is 0.305 e. The van der Waals surface area contributed by atoms with Crippen molar-refractivity contribution in [3.8, 4) is 0 Å². The predicted octanol–water partition coefficient (Wildman–Crippen LogP) is 2.39. The molecule has 1 amide bonds. The quantitative estimate of drug-likeness (QED) is 0.586. The van der Waals surface area contributed by atoms with Crippen molar-refractivity contribution >= 4 is 11.9 Å². The van der Waals surface area contributed by atoms with Gasteiger partial charge in [0.2, 0.25) is 5.91 Å². The van der Waals surface area contributed by atoms with Gasteiger partial charge in [-0.05, 0) is 37.8 Å². The van der Waals surface area contributed by atoms with Crippen molar-refractivity contribution in [1.29, 1.82) is 0 Å². The Morgan fingerprint density at radius 1 is 1.20 bits per heavy atom. The highest BCUT2D eigenvalue weighted by molar-refractivity contribution is 5.76. The van der Waals surface area contributed by atoms with E-state index in [1.807, 2.05) is 31.2 Å². The monoisotopic (exact) mass is 277 g/mol. The molecule has 0 fully saturated rings. The second-order valence-corrected chi connectivity index (χ2v) is 4.69. The lowest BCUT2D eigenvalue weighted by molar-refractivity contribution is -0.143. The van der Waals surface area contributed by atoms with Crippen molar-refractivity contribution in [3.63, 3.8) is 0 Å². The van der Waals surface area contributed by atoms with E-state index in [0.717, 1.165) is 6.42 Å². The van der Waals surface area contributed by atoms with Gasteiger partial charge in [-0.3, -0.25) is 9.59 Å². The van der Waals surface area contributed by atoms with E-state index in [2.05, 4.69) is 5.32 Å². The van der Waals surface area contributed by atoms with Crippen LogP contribution in [0.25, 0.3) is 0 Å². The molecule has 0 saturated carbocycles. The van der Waals surface area contributed by atoms with Crippen molar-refractivity contribution in [2.45, 2.75) is 39.5 Å². The van der Waals surface area contributed by atoms with Crippen molar-refractivity contribution in [2.24, 2.45) is 0 Å². The number of carbonyl (C=O) groups is 2. The number of ether oxygens (including phenoxy) is 1. The Bertz CT molecular complexity index is 443. The zero-order valence-electron chi connectivity index (χ0n) is 12.3. The summed E-state index contributed by atoms with van der Waals surface area (Å²) in [6.45, 7) is 4.75. The third-order valence-corrected chi connectivity index (χ3v) is 3.07. The van der Waals surface area contributed by atoms with Gasteiger partial charge < -0.3 is 10.1 Å². The average molecular weight is 277 g/mol. The first kappa shape index (κ1) is 16.2. The van der Waals surface area contributed by atoms with Crippen LogP contribution in [-0.4, -0.2) is 25.0 Å². The second-order valence-electron chi connectivity index (χ2n) is 4.69. The standard InChI is InChI=1S/C16H23NO3/c1-3-20-16(19)9-6-12-17-15(18)11-10-14-8-5-4-7-13(14)2/h4-5,7-8H,3,6,9-12H2,1-2H3,(H,17,18). The number of hydrogen-bond acceptors (Lipinski definition) is 3. The van der Waals surface area contributed by atoms with Crippen LogP contribution in [0, 0.1) is 6.92 Å². The molecule has 0 aromatic heterocycles. The summed E-state index contributed by atoms with van der Waals surface area (Å²) in [6, 6.07) is 8.07. The molecule has 4 heteroatoms. The third kappa shape index (κ3) is 6.36. The van der Waals surface area contributed by atoms with E-state index in [1.54, 1.807) is 6.92 Å². The highest BCUT2D eigenvalue weighted by atomic mass is 16.5. The minimum absolute atomic E-state index is 0.0251. The van der Waals surface area contributed by atoms with Gasteiger partial charge in [0.05, 0.1) is 6.61 Å². The van der Waals surface area contributed by atoms with Crippen LogP contribution in [0.15, 0.2) is 24.3 Å². The highest BCUT2D eigenvalue weighted by Gasteiger charge is 2.05. The molecule has 0 heterocycles. The SMILES string of the molecule is CCOC(=O)CCCNC(=O)CCc1ccccc1C. The zero-order chi connectivity index (χ0) is 14.8. The maximum absolute atomic E-state index is 11.7. The molecule has 0 aliphatic heterocycles. The fourth-order valence-corrected chi connectivity index (χ4v) is 1.92. The Hall–Kier alpha value is -1.84. The summed E-state index contributed by atoms with van der Waals surface area (Å²) in [7, 11) is 0. The molecule has 0 unspecified atom stereocenters. The minimum atomic E-state index is -0.207. The Morgan fingerprint density at radius 2 is 1.95 bits per heavy atom. The molecule has 1 aromatic rings. The molecule has 0 aliphatic carbocycles. The molecule has 0 aliphatic rings. The Labute approximate surface area is 120 Å². The van der Waals surface area contributed by atoms with Gasteiger partial charge in [-0.15, -0.1) is 0 Å². The van der Waals surface area contributed by atoms with Crippen molar-refractivity contribution in [1.82, 2.24) is 5.32 Å². The fraction of sp³-hybridized carbons (Fsp3) is 0.500. The second kappa shape index (κ2) is 9.13. The molecule has 1 N–H and O–H groups in total. The fourth-order valence-electron chi connectivity index (χ4n) is 1.92. The summed E-state index contributed by atoms with van der Waals surface area (Å²) in [6.07, 6.45) is 2.20. The van der Waals surface area contributed by atoms with Gasteiger partial charge in [-0.25, -0.2) is 0 Å². The molecule has 1 aromatic carbocycles. The molecule has 4 nitrogen and oxygen atoms in total. The van der Waals surface area contributed by atoms with E-state index < -0.39 is 0 Å². The van der Waals surface area contributed by atoms with E-state index in [4.69, 9.17) is 4.74 Å². The number of esters is 1. The molecule has 20 heavy (non-hydrogen) atoms. The summed E-state index contributed by atoms with van der Waals surface area (Å²) in [5, 5.41) is 2.82.